The summed E-state index contributed by atoms with van der Waals surface area (Å²) in [4.78, 5) is 4.61. The summed E-state index contributed by atoms with van der Waals surface area (Å²) in [5, 5.41) is 13.8. The average molecular weight is 330 g/mol. The highest BCUT2D eigenvalue weighted by atomic mass is 32.1. The standard InChI is InChI=1S/C17H18N2O3S/c20-10-17(7-8-21-11-17)18-9-12-5-6-14(22-12)16-19-13-3-1-2-4-15(13)23-16/h1-6,18,20H,7-11H2. The molecule has 120 valence electrons. The largest absolute Gasteiger partial charge is 0.457 e. The van der Waals surface area contributed by atoms with E-state index in [1.807, 2.05) is 30.3 Å². The van der Waals surface area contributed by atoms with Crippen molar-refractivity contribution >= 4 is 21.6 Å². The lowest BCUT2D eigenvalue weighted by molar-refractivity contribution is 0.119. The monoisotopic (exact) mass is 330 g/mol. The molecule has 5 nitrogen and oxygen atoms in total. The molecule has 3 heterocycles. The molecule has 2 N–H and O–H groups in total. The maximum absolute atomic E-state index is 9.58. The molecular weight excluding hydrogens is 312 g/mol. The molecule has 1 atom stereocenters. The maximum Gasteiger partial charge on any atom is 0.163 e. The maximum atomic E-state index is 9.58. The average Bonchev–Trinajstić information content (AvgIpc) is 3.31. The number of furan rings is 1. The first kappa shape index (κ1) is 14.8. The van der Waals surface area contributed by atoms with Crippen molar-refractivity contribution in [1.29, 1.82) is 0 Å². The highest BCUT2D eigenvalue weighted by molar-refractivity contribution is 7.21. The van der Waals surface area contributed by atoms with Gasteiger partial charge in [0, 0.05) is 6.61 Å². The molecule has 1 aliphatic heterocycles. The number of aliphatic hydroxyl groups excluding tert-OH is 1. The van der Waals surface area contributed by atoms with E-state index in [0.29, 0.717) is 19.8 Å². The molecule has 2 aromatic heterocycles. The highest BCUT2D eigenvalue weighted by Gasteiger charge is 2.33. The lowest BCUT2D eigenvalue weighted by Gasteiger charge is -2.25. The van der Waals surface area contributed by atoms with Gasteiger partial charge in [0.25, 0.3) is 0 Å². The molecule has 1 saturated heterocycles. The number of ether oxygens (including phenoxy) is 1. The molecular formula is C17H18N2O3S. The van der Waals surface area contributed by atoms with Crippen LogP contribution >= 0.6 is 11.3 Å². The minimum absolute atomic E-state index is 0.0679. The number of nitrogens with zero attached hydrogens (tertiary/aromatic N) is 1. The van der Waals surface area contributed by atoms with Crippen LogP contribution in [-0.2, 0) is 11.3 Å². The third kappa shape index (κ3) is 2.90. The van der Waals surface area contributed by atoms with Crippen molar-refractivity contribution in [3.05, 3.63) is 42.2 Å². The van der Waals surface area contributed by atoms with E-state index < -0.39 is 0 Å². The van der Waals surface area contributed by atoms with Gasteiger partial charge in [0.1, 0.15) is 5.76 Å². The van der Waals surface area contributed by atoms with Crippen LogP contribution < -0.4 is 5.32 Å². The second-order valence-corrected chi connectivity index (χ2v) is 6.88. The summed E-state index contributed by atoms with van der Waals surface area (Å²) in [5.74, 6) is 1.61. The number of fused-ring (bicyclic) bond motifs is 1. The molecule has 1 fully saturated rings. The zero-order valence-corrected chi connectivity index (χ0v) is 13.4. The molecule has 0 aliphatic carbocycles. The second kappa shape index (κ2) is 6.05. The lowest BCUT2D eigenvalue weighted by Crippen LogP contribution is -2.48. The van der Waals surface area contributed by atoms with E-state index in [-0.39, 0.29) is 12.1 Å². The smallest absolute Gasteiger partial charge is 0.163 e. The molecule has 0 spiro atoms. The number of thiazole rings is 1. The van der Waals surface area contributed by atoms with Crippen LogP contribution in [0, 0.1) is 0 Å². The van der Waals surface area contributed by atoms with Crippen molar-refractivity contribution in [2.24, 2.45) is 0 Å². The Morgan fingerprint density at radius 3 is 2.96 bits per heavy atom. The van der Waals surface area contributed by atoms with Gasteiger partial charge in [0.15, 0.2) is 10.8 Å². The number of hydrogen-bond donors (Lipinski definition) is 2. The Hall–Kier alpha value is -1.73. The van der Waals surface area contributed by atoms with Crippen molar-refractivity contribution < 1.29 is 14.3 Å². The molecule has 23 heavy (non-hydrogen) atoms. The van der Waals surface area contributed by atoms with E-state index in [9.17, 15) is 5.11 Å². The van der Waals surface area contributed by atoms with Crippen molar-refractivity contribution in [2.75, 3.05) is 19.8 Å². The van der Waals surface area contributed by atoms with Crippen LogP contribution in [0.15, 0.2) is 40.8 Å². The van der Waals surface area contributed by atoms with Gasteiger partial charge in [-0.25, -0.2) is 4.98 Å². The topological polar surface area (TPSA) is 67.5 Å². The number of benzene rings is 1. The predicted octanol–water partition coefficient (Wildman–Crippen LogP) is 2.80. The van der Waals surface area contributed by atoms with Gasteiger partial charge in [-0.15, -0.1) is 11.3 Å². The van der Waals surface area contributed by atoms with Crippen LogP contribution in [0.25, 0.3) is 21.0 Å². The van der Waals surface area contributed by atoms with Crippen LogP contribution in [0.3, 0.4) is 0 Å². The fraction of sp³-hybridized carbons (Fsp3) is 0.353. The number of aromatic nitrogens is 1. The number of nitrogens with one attached hydrogen (secondary N) is 1. The van der Waals surface area contributed by atoms with Crippen LogP contribution in [-0.4, -0.2) is 35.5 Å². The summed E-state index contributed by atoms with van der Waals surface area (Å²) in [6.07, 6.45) is 0.814. The van der Waals surface area contributed by atoms with E-state index in [1.165, 1.54) is 0 Å². The van der Waals surface area contributed by atoms with Gasteiger partial charge < -0.3 is 19.6 Å². The molecule has 1 unspecified atom stereocenters. The van der Waals surface area contributed by atoms with E-state index in [0.717, 1.165) is 33.2 Å². The van der Waals surface area contributed by atoms with Gasteiger partial charge in [-0.2, -0.15) is 0 Å². The lowest BCUT2D eigenvalue weighted by atomic mass is 10.0. The highest BCUT2D eigenvalue weighted by Crippen LogP contribution is 2.31. The quantitative estimate of drug-likeness (QED) is 0.753. The van der Waals surface area contributed by atoms with Gasteiger partial charge in [-0.1, -0.05) is 12.1 Å². The Morgan fingerprint density at radius 2 is 2.17 bits per heavy atom. The first-order chi connectivity index (χ1) is 11.3. The van der Waals surface area contributed by atoms with Crippen LogP contribution in [0.1, 0.15) is 12.2 Å². The summed E-state index contributed by atoms with van der Waals surface area (Å²) in [5.41, 5.74) is 0.647. The first-order valence-corrected chi connectivity index (χ1v) is 8.48. The summed E-state index contributed by atoms with van der Waals surface area (Å²) in [6.45, 7) is 1.85. The molecule has 0 radical (unpaired) electrons. The van der Waals surface area contributed by atoms with Crippen molar-refractivity contribution in [1.82, 2.24) is 10.3 Å². The zero-order chi connectivity index (χ0) is 15.7. The van der Waals surface area contributed by atoms with Crippen LogP contribution in [0.5, 0.6) is 0 Å². The fourth-order valence-electron chi connectivity index (χ4n) is 2.77. The number of rotatable bonds is 5. The van der Waals surface area contributed by atoms with Crippen molar-refractivity contribution in [2.45, 2.75) is 18.5 Å². The molecule has 0 saturated carbocycles. The zero-order valence-electron chi connectivity index (χ0n) is 12.6. The van der Waals surface area contributed by atoms with E-state index in [4.69, 9.17) is 9.15 Å². The Balaban J connectivity index is 1.50. The van der Waals surface area contributed by atoms with Crippen LogP contribution in [0.2, 0.25) is 0 Å². The molecule has 4 rings (SSSR count). The molecule has 0 amide bonds. The summed E-state index contributed by atoms with van der Waals surface area (Å²) < 4.78 is 12.5. The Labute approximate surface area is 137 Å². The van der Waals surface area contributed by atoms with E-state index in [1.54, 1.807) is 11.3 Å². The van der Waals surface area contributed by atoms with Gasteiger partial charge in [0.2, 0.25) is 0 Å². The SMILES string of the molecule is OCC1(NCc2ccc(-c3nc4ccccc4s3)o2)CCOC1. The molecule has 3 aromatic rings. The van der Waals surface area contributed by atoms with Gasteiger partial charge >= 0.3 is 0 Å². The summed E-state index contributed by atoms with van der Waals surface area (Å²) >= 11 is 1.63. The molecule has 1 aliphatic rings. The Bertz CT molecular complexity index is 772. The third-order valence-electron chi connectivity index (χ3n) is 4.21. The molecule has 0 bridgehead atoms. The first-order valence-electron chi connectivity index (χ1n) is 7.66. The van der Waals surface area contributed by atoms with Gasteiger partial charge in [0.05, 0.1) is 35.5 Å². The van der Waals surface area contributed by atoms with Gasteiger partial charge in [-0.05, 0) is 30.7 Å². The van der Waals surface area contributed by atoms with E-state index >= 15 is 0 Å². The Morgan fingerprint density at radius 1 is 1.26 bits per heavy atom. The Kier molecular flexibility index (Phi) is 3.90. The summed E-state index contributed by atoms with van der Waals surface area (Å²) in [7, 11) is 0. The predicted molar refractivity (Wildman–Crippen MR) is 89.4 cm³/mol. The normalized spacial score (nSPS) is 21.3. The van der Waals surface area contributed by atoms with E-state index in [2.05, 4.69) is 16.4 Å². The minimum Gasteiger partial charge on any atom is -0.457 e. The second-order valence-electron chi connectivity index (χ2n) is 5.85. The fourth-order valence-corrected chi connectivity index (χ4v) is 3.69. The van der Waals surface area contributed by atoms with Gasteiger partial charge in [-0.3, -0.25) is 0 Å². The van der Waals surface area contributed by atoms with Crippen molar-refractivity contribution in [3.8, 4) is 10.8 Å². The number of para-hydroxylation sites is 1. The number of aliphatic hydroxyl groups is 1. The summed E-state index contributed by atoms with van der Waals surface area (Å²) in [6, 6.07) is 12.0. The number of hydrogen-bond acceptors (Lipinski definition) is 6. The minimum atomic E-state index is -0.344. The van der Waals surface area contributed by atoms with Crippen LogP contribution in [0.4, 0.5) is 0 Å². The molecule has 6 heteroatoms. The third-order valence-corrected chi connectivity index (χ3v) is 5.26. The molecule has 1 aromatic carbocycles. The van der Waals surface area contributed by atoms with Crippen molar-refractivity contribution in [3.63, 3.8) is 0 Å².